The zero-order chi connectivity index (χ0) is 14.6. The molecule has 0 saturated heterocycles. The number of hydrogen-bond acceptors (Lipinski definition) is 3. The lowest BCUT2D eigenvalue weighted by Crippen LogP contribution is -2.44. The van der Waals surface area contributed by atoms with Crippen molar-refractivity contribution in [3.8, 4) is 0 Å². The van der Waals surface area contributed by atoms with Crippen molar-refractivity contribution in [1.29, 1.82) is 0 Å². The van der Waals surface area contributed by atoms with Gasteiger partial charge in [-0.1, -0.05) is 25.4 Å². The second-order valence-electron chi connectivity index (χ2n) is 5.54. The minimum Gasteiger partial charge on any atom is -0.378 e. The quantitative estimate of drug-likeness (QED) is 0.751. The third kappa shape index (κ3) is 4.40. The Morgan fingerprint density at radius 2 is 2.11 bits per heavy atom. The molecule has 1 aromatic carbocycles. The molecule has 1 amide bonds. The highest BCUT2D eigenvalue weighted by atomic mass is 35.5. The van der Waals surface area contributed by atoms with Gasteiger partial charge in [-0.2, -0.15) is 0 Å². The van der Waals surface area contributed by atoms with Crippen LogP contribution >= 0.6 is 11.6 Å². The number of anilines is 1. The highest BCUT2D eigenvalue weighted by Gasteiger charge is 2.25. The molecular formula is C14H22ClN3O. The highest BCUT2D eigenvalue weighted by molar-refractivity contribution is 6.31. The molecule has 0 fully saturated rings. The summed E-state index contributed by atoms with van der Waals surface area (Å²) in [6.07, 6.45) is 0.883. The molecule has 0 aliphatic heterocycles. The summed E-state index contributed by atoms with van der Waals surface area (Å²) in [6.45, 7) is 6.74. The molecule has 0 heterocycles. The number of halogens is 1. The smallest absolute Gasteiger partial charge is 0.250 e. The second kappa shape index (κ2) is 6.26. The fraction of sp³-hybridized carbons (Fsp3) is 0.500. The van der Waals surface area contributed by atoms with Gasteiger partial charge < -0.3 is 16.8 Å². The van der Waals surface area contributed by atoms with Gasteiger partial charge in [0.25, 0.3) is 5.91 Å². The fourth-order valence-corrected chi connectivity index (χ4v) is 2.42. The van der Waals surface area contributed by atoms with E-state index in [1.807, 2.05) is 6.92 Å². The molecule has 0 aliphatic carbocycles. The van der Waals surface area contributed by atoms with Gasteiger partial charge in [0.15, 0.2) is 0 Å². The van der Waals surface area contributed by atoms with E-state index in [1.165, 1.54) is 0 Å². The van der Waals surface area contributed by atoms with Crippen LogP contribution in [-0.4, -0.2) is 18.0 Å². The van der Waals surface area contributed by atoms with Crippen molar-refractivity contribution in [2.45, 2.75) is 32.7 Å². The zero-order valence-corrected chi connectivity index (χ0v) is 12.4. The van der Waals surface area contributed by atoms with Crippen molar-refractivity contribution in [2.75, 3.05) is 11.9 Å². The summed E-state index contributed by atoms with van der Waals surface area (Å²) in [7, 11) is 0. The van der Waals surface area contributed by atoms with Crippen molar-refractivity contribution in [2.24, 2.45) is 17.4 Å². The van der Waals surface area contributed by atoms with Crippen LogP contribution in [0.4, 0.5) is 5.69 Å². The summed E-state index contributed by atoms with van der Waals surface area (Å²) >= 11 is 5.98. The third-order valence-corrected chi connectivity index (χ3v) is 3.23. The van der Waals surface area contributed by atoms with E-state index in [2.05, 4.69) is 19.2 Å². The molecule has 1 rings (SSSR count). The molecule has 0 spiro atoms. The maximum absolute atomic E-state index is 11.4. The fourth-order valence-electron chi connectivity index (χ4n) is 2.25. The lowest BCUT2D eigenvalue weighted by atomic mass is 9.90. The molecule has 1 unspecified atom stereocenters. The summed E-state index contributed by atoms with van der Waals surface area (Å²) in [5.74, 6) is 0.000322. The Balaban J connectivity index is 3.08. The minimum atomic E-state index is -0.483. The highest BCUT2D eigenvalue weighted by Crippen LogP contribution is 2.27. The van der Waals surface area contributed by atoms with Crippen molar-refractivity contribution in [1.82, 2.24) is 0 Å². The molecule has 5 N–H and O–H groups in total. The number of carbonyl (C=O) groups excluding carboxylic acids is 1. The Labute approximate surface area is 119 Å². The number of carbonyl (C=O) groups is 1. The maximum atomic E-state index is 11.4. The number of rotatable bonds is 6. The number of benzene rings is 1. The van der Waals surface area contributed by atoms with Gasteiger partial charge in [0.1, 0.15) is 0 Å². The van der Waals surface area contributed by atoms with Crippen LogP contribution in [0.1, 0.15) is 37.6 Å². The van der Waals surface area contributed by atoms with Gasteiger partial charge in [0.2, 0.25) is 0 Å². The SMILES string of the molecule is CC(C)CC(C)(CN)Nc1cc(Cl)ccc1C(N)=O. The lowest BCUT2D eigenvalue weighted by molar-refractivity contribution is 0.100. The Hall–Kier alpha value is -1.26. The molecule has 1 atom stereocenters. The van der Waals surface area contributed by atoms with Crippen LogP contribution in [0.25, 0.3) is 0 Å². The van der Waals surface area contributed by atoms with Crippen LogP contribution < -0.4 is 16.8 Å². The van der Waals surface area contributed by atoms with E-state index < -0.39 is 5.91 Å². The van der Waals surface area contributed by atoms with Gasteiger partial charge in [-0.3, -0.25) is 4.79 Å². The van der Waals surface area contributed by atoms with E-state index in [0.29, 0.717) is 28.7 Å². The largest absolute Gasteiger partial charge is 0.378 e. The summed E-state index contributed by atoms with van der Waals surface area (Å²) in [5.41, 5.74) is 12.0. The predicted molar refractivity (Wildman–Crippen MR) is 80.5 cm³/mol. The number of hydrogen-bond donors (Lipinski definition) is 3. The first kappa shape index (κ1) is 15.8. The van der Waals surface area contributed by atoms with Crippen molar-refractivity contribution < 1.29 is 4.79 Å². The van der Waals surface area contributed by atoms with Crippen LogP contribution in [0.2, 0.25) is 5.02 Å². The predicted octanol–water partition coefficient (Wildman–Crippen LogP) is 2.61. The van der Waals surface area contributed by atoms with Gasteiger partial charge in [-0.05, 0) is 37.5 Å². The van der Waals surface area contributed by atoms with Crippen molar-refractivity contribution >= 4 is 23.2 Å². The molecule has 4 nitrogen and oxygen atoms in total. The monoisotopic (exact) mass is 283 g/mol. The number of amides is 1. The van der Waals surface area contributed by atoms with E-state index >= 15 is 0 Å². The number of nitrogens with two attached hydrogens (primary N) is 2. The van der Waals surface area contributed by atoms with Gasteiger partial charge in [0.05, 0.1) is 5.56 Å². The van der Waals surface area contributed by atoms with E-state index in [1.54, 1.807) is 18.2 Å². The van der Waals surface area contributed by atoms with Crippen molar-refractivity contribution in [3.63, 3.8) is 0 Å². The molecule has 0 aromatic heterocycles. The molecule has 0 saturated carbocycles. The molecule has 106 valence electrons. The summed E-state index contributed by atoms with van der Waals surface area (Å²) in [6, 6.07) is 4.98. The first-order chi connectivity index (χ1) is 8.77. The van der Waals surface area contributed by atoms with Gasteiger partial charge in [0, 0.05) is 22.8 Å². The van der Waals surface area contributed by atoms with E-state index in [4.69, 9.17) is 23.1 Å². The van der Waals surface area contributed by atoms with E-state index in [9.17, 15) is 4.79 Å². The van der Waals surface area contributed by atoms with Gasteiger partial charge in [-0.25, -0.2) is 0 Å². The molecule has 5 heteroatoms. The van der Waals surface area contributed by atoms with Crippen LogP contribution in [0.15, 0.2) is 18.2 Å². The normalized spacial score (nSPS) is 14.2. The summed E-state index contributed by atoms with van der Waals surface area (Å²) < 4.78 is 0. The standard InChI is InChI=1S/C14H22ClN3O/c1-9(2)7-14(3,8-16)18-12-6-10(15)4-5-11(12)13(17)19/h4-6,9,18H,7-8,16H2,1-3H3,(H2,17,19). The van der Waals surface area contributed by atoms with Crippen LogP contribution in [0.5, 0.6) is 0 Å². The molecule has 1 aromatic rings. The first-order valence-electron chi connectivity index (χ1n) is 6.35. The Morgan fingerprint density at radius 3 is 2.58 bits per heavy atom. The molecule has 0 radical (unpaired) electrons. The molecule has 0 aliphatic rings. The summed E-state index contributed by atoms with van der Waals surface area (Å²) in [4.78, 5) is 11.4. The first-order valence-corrected chi connectivity index (χ1v) is 6.73. The Bertz CT molecular complexity index is 462. The van der Waals surface area contributed by atoms with E-state index in [0.717, 1.165) is 6.42 Å². The zero-order valence-electron chi connectivity index (χ0n) is 11.7. The van der Waals surface area contributed by atoms with Gasteiger partial charge >= 0.3 is 0 Å². The van der Waals surface area contributed by atoms with E-state index in [-0.39, 0.29) is 5.54 Å². The third-order valence-electron chi connectivity index (χ3n) is 2.99. The Morgan fingerprint density at radius 1 is 1.47 bits per heavy atom. The molecule has 19 heavy (non-hydrogen) atoms. The molecular weight excluding hydrogens is 262 g/mol. The van der Waals surface area contributed by atoms with Crippen LogP contribution in [0, 0.1) is 5.92 Å². The van der Waals surface area contributed by atoms with Gasteiger partial charge in [-0.15, -0.1) is 0 Å². The van der Waals surface area contributed by atoms with Crippen LogP contribution in [-0.2, 0) is 0 Å². The summed E-state index contributed by atoms with van der Waals surface area (Å²) in [5, 5.41) is 3.87. The number of nitrogens with one attached hydrogen (secondary N) is 1. The van der Waals surface area contributed by atoms with Crippen molar-refractivity contribution in [3.05, 3.63) is 28.8 Å². The maximum Gasteiger partial charge on any atom is 0.250 e. The minimum absolute atomic E-state index is 0.303. The lowest BCUT2D eigenvalue weighted by Gasteiger charge is -2.33. The second-order valence-corrected chi connectivity index (χ2v) is 5.98. The number of primary amides is 1. The average molecular weight is 284 g/mol. The average Bonchev–Trinajstić information content (AvgIpc) is 2.27. The topological polar surface area (TPSA) is 81.1 Å². The Kier molecular flexibility index (Phi) is 5.20. The molecule has 0 bridgehead atoms. The van der Waals surface area contributed by atoms with Crippen LogP contribution in [0.3, 0.4) is 0 Å².